The number of halogens is 1. The molecule has 194 valence electrons. The molecule has 1 atom stereocenters. The Bertz CT molecular complexity index is 1250. The molecule has 0 bridgehead atoms. The third-order valence-electron chi connectivity index (χ3n) is 7.07. The van der Waals surface area contributed by atoms with Gasteiger partial charge in [-0.2, -0.15) is 0 Å². The molecular weight excluding hydrogens is 530 g/mol. The highest BCUT2D eigenvalue weighted by Crippen LogP contribution is 2.50. The van der Waals surface area contributed by atoms with Crippen LogP contribution in [0.4, 0.5) is 4.79 Å². The lowest BCUT2D eigenvalue weighted by molar-refractivity contribution is -0.0835. The number of hydrogen-bond donors (Lipinski definition) is 4. The summed E-state index contributed by atoms with van der Waals surface area (Å²) in [5, 5.41) is 14.4. The number of aromatic nitrogens is 1. The predicted octanol–water partition coefficient (Wildman–Crippen LogP) is 4.70. The monoisotopic (exact) mass is 561 g/mol. The number of aromatic amines is 1. The number of amides is 2. The SMILES string of the molecule is Cc1cc(C)c(CNC(=O)c2cc(Br)c3c(c2C)OC(C)(CC2CCC(NC(=O)O)CC2)O3)c(=O)[nH]1. The zero-order valence-electron chi connectivity index (χ0n) is 20.9. The van der Waals surface area contributed by atoms with Crippen LogP contribution in [-0.2, 0) is 6.54 Å². The van der Waals surface area contributed by atoms with Crippen molar-refractivity contribution in [3.63, 3.8) is 0 Å². The van der Waals surface area contributed by atoms with Gasteiger partial charge in [-0.05, 0) is 86.0 Å². The molecule has 1 aromatic carbocycles. The van der Waals surface area contributed by atoms with Gasteiger partial charge in [0.2, 0.25) is 5.79 Å². The first-order valence-electron chi connectivity index (χ1n) is 12.1. The fourth-order valence-corrected chi connectivity index (χ4v) is 5.76. The second kappa shape index (κ2) is 10.2. The Kier molecular flexibility index (Phi) is 7.36. The van der Waals surface area contributed by atoms with Crippen molar-refractivity contribution in [2.75, 3.05) is 0 Å². The van der Waals surface area contributed by atoms with E-state index in [1.54, 1.807) is 6.07 Å². The summed E-state index contributed by atoms with van der Waals surface area (Å²) in [6.07, 6.45) is 3.02. The van der Waals surface area contributed by atoms with Crippen LogP contribution in [0, 0.1) is 26.7 Å². The zero-order chi connectivity index (χ0) is 26.2. The van der Waals surface area contributed by atoms with E-state index >= 15 is 0 Å². The van der Waals surface area contributed by atoms with Gasteiger partial charge in [0, 0.05) is 48.3 Å². The molecular formula is C26H32BrN3O6. The molecule has 2 aromatic rings. The predicted molar refractivity (Wildman–Crippen MR) is 138 cm³/mol. The Morgan fingerprint density at radius 2 is 1.81 bits per heavy atom. The number of pyridine rings is 1. The van der Waals surface area contributed by atoms with Gasteiger partial charge in [-0.1, -0.05) is 0 Å². The topological polar surface area (TPSA) is 130 Å². The minimum Gasteiger partial charge on any atom is -0.465 e. The van der Waals surface area contributed by atoms with E-state index in [4.69, 9.17) is 14.6 Å². The molecule has 10 heteroatoms. The van der Waals surface area contributed by atoms with Gasteiger partial charge >= 0.3 is 6.09 Å². The van der Waals surface area contributed by atoms with E-state index in [0.29, 0.717) is 45.0 Å². The number of rotatable bonds is 6. The average molecular weight is 562 g/mol. The molecule has 1 aliphatic heterocycles. The van der Waals surface area contributed by atoms with Crippen LogP contribution in [0.3, 0.4) is 0 Å². The summed E-state index contributed by atoms with van der Waals surface area (Å²) in [5.74, 6) is 0.251. The molecule has 4 rings (SSSR count). The largest absolute Gasteiger partial charge is 0.465 e. The fraction of sp³-hybridized carbons (Fsp3) is 0.500. The van der Waals surface area contributed by atoms with Gasteiger partial charge in [0.15, 0.2) is 11.5 Å². The van der Waals surface area contributed by atoms with Crippen LogP contribution in [0.2, 0.25) is 0 Å². The van der Waals surface area contributed by atoms with Crippen molar-refractivity contribution in [2.45, 2.75) is 78.2 Å². The first-order valence-corrected chi connectivity index (χ1v) is 12.9. The van der Waals surface area contributed by atoms with Gasteiger partial charge in [-0.3, -0.25) is 9.59 Å². The molecule has 2 aliphatic rings. The summed E-state index contributed by atoms with van der Waals surface area (Å²) in [5.41, 5.74) is 3.01. The third kappa shape index (κ3) is 5.53. The van der Waals surface area contributed by atoms with Gasteiger partial charge in [0.1, 0.15) is 0 Å². The Balaban J connectivity index is 1.44. The lowest BCUT2D eigenvalue weighted by atomic mass is 9.82. The van der Waals surface area contributed by atoms with Crippen LogP contribution in [0.1, 0.15) is 71.8 Å². The van der Waals surface area contributed by atoms with Crippen LogP contribution in [0.25, 0.3) is 0 Å². The number of carbonyl (C=O) groups excluding carboxylic acids is 1. The molecule has 1 saturated carbocycles. The Morgan fingerprint density at radius 3 is 2.44 bits per heavy atom. The molecule has 1 unspecified atom stereocenters. The number of carbonyl (C=O) groups is 2. The second-order valence-corrected chi connectivity index (χ2v) is 10.9. The molecule has 2 amide bonds. The molecule has 9 nitrogen and oxygen atoms in total. The minimum absolute atomic E-state index is 0.00842. The van der Waals surface area contributed by atoms with Gasteiger partial charge in [-0.25, -0.2) is 4.79 Å². The quantitative estimate of drug-likeness (QED) is 0.404. The van der Waals surface area contributed by atoms with E-state index in [9.17, 15) is 14.4 Å². The van der Waals surface area contributed by atoms with Crippen molar-refractivity contribution in [1.82, 2.24) is 15.6 Å². The van der Waals surface area contributed by atoms with Crippen molar-refractivity contribution in [3.05, 3.63) is 54.9 Å². The maximum atomic E-state index is 13.1. The number of carboxylic acid groups (broad SMARTS) is 1. The first-order chi connectivity index (χ1) is 17.0. The van der Waals surface area contributed by atoms with Crippen molar-refractivity contribution < 1.29 is 24.2 Å². The summed E-state index contributed by atoms with van der Waals surface area (Å²) in [4.78, 5) is 39.1. The molecule has 1 aromatic heterocycles. The molecule has 0 radical (unpaired) electrons. The van der Waals surface area contributed by atoms with Crippen molar-refractivity contribution in [3.8, 4) is 11.5 Å². The van der Waals surface area contributed by atoms with Gasteiger partial charge in [0.25, 0.3) is 11.5 Å². The number of ether oxygens (including phenoxy) is 2. The van der Waals surface area contributed by atoms with E-state index in [1.165, 1.54) is 0 Å². The highest BCUT2D eigenvalue weighted by Gasteiger charge is 2.42. The van der Waals surface area contributed by atoms with Crippen molar-refractivity contribution >= 4 is 27.9 Å². The Morgan fingerprint density at radius 1 is 1.14 bits per heavy atom. The molecule has 0 saturated heterocycles. The van der Waals surface area contributed by atoms with Crippen LogP contribution < -0.4 is 25.7 Å². The van der Waals surface area contributed by atoms with Gasteiger partial charge in [-0.15, -0.1) is 0 Å². The number of aryl methyl sites for hydroxylation is 2. The smallest absolute Gasteiger partial charge is 0.404 e. The minimum atomic E-state index is -0.982. The molecule has 2 heterocycles. The van der Waals surface area contributed by atoms with Crippen molar-refractivity contribution in [2.24, 2.45) is 5.92 Å². The number of nitrogens with one attached hydrogen (secondary N) is 3. The van der Waals surface area contributed by atoms with E-state index in [-0.39, 0.29) is 24.1 Å². The number of hydrogen-bond acceptors (Lipinski definition) is 5. The standard InChI is InChI=1S/C26H32BrN3O6/c1-13-9-14(2)29-24(32)19(13)12-28-23(31)18-10-20(27)22-21(15(18)3)35-26(4,36-22)11-16-5-7-17(8-6-16)30-25(33)34/h9-10,16-17,30H,5-8,11-12H2,1-4H3,(H,28,31)(H,29,32)(H,33,34). The highest BCUT2D eigenvalue weighted by molar-refractivity contribution is 9.10. The van der Waals surface area contributed by atoms with Gasteiger partial charge in [0.05, 0.1) is 4.47 Å². The van der Waals surface area contributed by atoms with Crippen LogP contribution >= 0.6 is 15.9 Å². The number of benzene rings is 1. The summed E-state index contributed by atoms with van der Waals surface area (Å²) in [6.45, 7) is 7.50. The fourth-order valence-electron chi connectivity index (χ4n) is 5.27. The molecule has 1 fully saturated rings. The molecule has 1 aliphatic carbocycles. The van der Waals surface area contributed by atoms with Crippen molar-refractivity contribution in [1.29, 1.82) is 0 Å². The van der Waals surface area contributed by atoms with E-state index in [2.05, 4.69) is 31.5 Å². The summed E-state index contributed by atoms with van der Waals surface area (Å²) >= 11 is 3.53. The molecule has 36 heavy (non-hydrogen) atoms. The lowest BCUT2D eigenvalue weighted by Gasteiger charge is -2.33. The normalized spacial score (nSPS) is 22.8. The maximum absolute atomic E-state index is 13.1. The zero-order valence-corrected chi connectivity index (χ0v) is 22.5. The summed E-state index contributed by atoms with van der Waals surface area (Å²) in [7, 11) is 0. The van der Waals surface area contributed by atoms with E-state index in [0.717, 1.165) is 36.9 Å². The van der Waals surface area contributed by atoms with Crippen LogP contribution in [-0.4, -0.2) is 33.9 Å². The van der Waals surface area contributed by atoms with Gasteiger partial charge < -0.3 is 30.2 Å². The second-order valence-electron chi connectivity index (χ2n) is 10.0. The summed E-state index contributed by atoms with van der Waals surface area (Å²) in [6, 6.07) is 3.58. The number of H-pyrrole nitrogens is 1. The third-order valence-corrected chi connectivity index (χ3v) is 7.66. The first kappa shape index (κ1) is 26.1. The van der Waals surface area contributed by atoms with E-state index in [1.807, 2.05) is 33.8 Å². The average Bonchev–Trinajstić information content (AvgIpc) is 3.14. The Hall–Kier alpha value is -3.01. The lowest BCUT2D eigenvalue weighted by Crippen LogP contribution is -2.41. The maximum Gasteiger partial charge on any atom is 0.404 e. The summed E-state index contributed by atoms with van der Waals surface area (Å²) < 4.78 is 13.2. The Labute approximate surface area is 218 Å². The van der Waals surface area contributed by atoms with Crippen LogP contribution in [0.15, 0.2) is 21.4 Å². The molecule has 0 spiro atoms. The number of fused-ring (bicyclic) bond motifs is 1. The highest BCUT2D eigenvalue weighted by atomic mass is 79.9. The molecule has 4 N–H and O–H groups in total. The van der Waals surface area contributed by atoms with E-state index < -0.39 is 11.9 Å². The van der Waals surface area contributed by atoms with Crippen LogP contribution in [0.5, 0.6) is 11.5 Å².